The van der Waals surface area contributed by atoms with Crippen LogP contribution in [0, 0.1) is 17.8 Å². The summed E-state index contributed by atoms with van der Waals surface area (Å²) in [5.41, 5.74) is 5.95. The van der Waals surface area contributed by atoms with Crippen molar-refractivity contribution in [2.75, 3.05) is 13.1 Å². The Hall–Kier alpha value is -0.780. The molecule has 3 nitrogen and oxygen atoms in total. The van der Waals surface area contributed by atoms with Gasteiger partial charge in [-0.3, -0.25) is 4.79 Å². The number of hydrogen-bond acceptors (Lipinski definition) is 2. The summed E-state index contributed by atoms with van der Waals surface area (Å²) < 4.78 is 38.5. The molecular weight excluding hydrogens is 281 g/mol. The van der Waals surface area contributed by atoms with E-state index in [1.165, 1.54) is 4.90 Å². The Morgan fingerprint density at radius 3 is 2.57 bits per heavy atom. The standard InChI is InChI=1S/C15H25F3N2O/c1-10(11-4-2-6-13(19)8-11)14(21)20-7-3-5-12(9-20)15(16,17)18/h10-13H,2-9,19H2,1H3. The maximum Gasteiger partial charge on any atom is 0.393 e. The number of carbonyl (C=O) groups is 1. The highest BCUT2D eigenvalue weighted by Gasteiger charge is 2.43. The van der Waals surface area contributed by atoms with Crippen molar-refractivity contribution in [3.8, 4) is 0 Å². The van der Waals surface area contributed by atoms with Crippen molar-refractivity contribution in [1.29, 1.82) is 0 Å². The largest absolute Gasteiger partial charge is 0.393 e. The molecule has 1 aliphatic heterocycles. The van der Waals surface area contributed by atoms with Gasteiger partial charge in [0, 0.05) is 25.0 Å². The molecule has 0 spiro atoms. The highest BCUT2D eigenvalue weighted by atomic mass is 19.4. The molecule has 0 aromatic rings. The normalized spacial score (nSPS) is 32.8. The fraction of sp³-hybridized carbons (Fsp3) is 0.933. The van der Waals surface area contributed by atoms with Gasteiger partial charge in [-0.1, -0.05) is 13.3 Å². The number of rotatable bonds is 2. The zero-order chi connectivity index (χ0) is 15.6. The van der Waals surface area contributed by atoms with Crippen molar-refractivity contribution < 1.29 is 18.0 Å². The third-order valence-corrected chi connectivity index (χ3v) is 5.05. The summed E-state index contributed by atoms with van der Waals surface area (Å²) in [5.74, 6) is -1.49. The Labute approximate surface area is 124 Å². The molecule has 2 N–H and O–H groups in total. The number of hydrogen-bond donors (Lipinski definition) is 1. The molecule has 2 rings (SSSR count). The number of carbonyl (C=O) groups excluding carboxylic acids is 1. The van der Waals surface area contributed by atoms with E-state index in [4.69, 9.17) is 5.73 Å². The fourth-order valence-corrected chi connectivity index (χ4v) is 3.66. The van der Waals surface area contributed by atoms with Gasteiger partial charge >= 0.3 is 6.18 Å². The summed E-state index contributed by atoms with van der Waals surface area (Å²) in [5, 5.41) is 0. The molecule has 2 aliphatic rings. The molecule has 0 bridgehead atoms. The first-order valence-corrected chi connectivity index (χ1v) is 7.90. The van der Waals surface area contributed by atoms with Gasteiger partial charge in [0.15, 0.2) is 0 Å². The molecule has 4 unspecified atom stereocenters. The molecular formula is C15H25F3N2O. The summed E-state index contributed by atoms with van der Waals surface area (Å²) in [6.07, 6.45) is 0.130. The van der Waals surface area contributed by atoms with E-state index in [1.807, 2.05) is 6.92 Å². The lowest BCUT2D eigenvalue weighted by molar-refractivity contribution is -0.189. The second-order valence-electron chi connectivity index (χ2n) is 6.64. The Morgan fingerprint density at radius 1 is 1.24 bits per heavy atom. The van der Waals surface area contributed by atoms with E-state index in [0.29, 0.717) is 13.0 Å². The quantitative estimate of drug-likeness (QED) is 0.852. The van der Waals surface area contributed by atoms with Crippen LogP contribution in [0.1, 0.15) is 45.4 Å². The van der Waals surface area contributed by atoms with Crippen LogP contribution in [0.15, 0.2) is 0 Å². The van der Waals surface area contributed by atoms with E-state index in [0.717, 1.165) is 25.7 Å². The van der Waals surface area contributed by atoms with Crippen LogP contribution in [-0.2, 0) is 4.79 Å². The molecule has 0 aromatic carbocycles. The van der Waals surface area contributed by atoms with Crippen LogP contribution in [0.4, 0.5) is 13.2 Å². The number of amides is 1. The number of halogens is 3. The molecule has 0 aromatic heterocycles. The van der Waals surface area contributed by atoms with Gasteiger partial charge in [-0.05, 0) is 38.0 Å². The number of nitrogens with two attached hydrogens (primary N) is 1. The molecule has 1 saturated carbocycles. The Balaban J connectivity index is 1.95. The first-order chi connectivity index (χ1) is 9.79. The van der Waals surface area contributed by atoms with Crippen LogP contribution in [0.25, 0.3) is 0 Å². The van der Waals surface area contributed by atoms with Gasteiger partial charge < -0.3 is 10.6 Å². The summed E-state index contributed by atoms with van der Waals surface area (Å²) >= 11 is 0. The molecule has 1 amide bonds. The zero-order valence-electron chi connectivity index (χ0n) is 12.5. The smallest absolute Gasteiger partial charge is 0.342 e. The van der Waals surface area contributed by atoms with Gasteiger partial charge in [0.1, 0.15) is 0 Å². The molecule has 1 heterocycles. The summed E-state index contributed by atoms with van der Waals surface area (Å²) in [7, 11) is 0. The minimum Gasteiger partial charge on any atom is -0.342 e. The van der Waals surface area contributed by atoms with Gasteiger partial charge in [-0.2, -0.15) is 13.2 Å². The maximum atomic E-state index is 12.8. The summed E-state index contributed by atoms with van der Waals surface area (Å²) in [4.78, 5) is 13.9. The van der Waals surface area contributed by atoms with E-state index in [-0.39, 0.29) is 36.8 Å². The average molecular weight is 306 g/mol. The minimum absolute atomic E-state index is 0.122. The monoisotopic (exact) mass is 306 g/mol. The second kappa shape index (κ2) is 6.55. The molecule has 122 valence electrons. The molecule has 1 aliphatic carbocycles. The predicted octanol–water partition coefficient (Wildman–Crippen LogP) is 2.94. The fourth-order valence-electron chi connectivity index (χ4n) is 3.66. The topological polar surface area (TPSA) is 46.3 Å². The third-order valence-electron chi connectivity index (χ3n) is 5.05. The van der Waals surface area contributed by atoms with Crippen LogP contribution in [0.3, 0.4) is 0 Å². The number of piperidine rings is 1. The number of nitrogens with zero attached hydrogens (tertiary/aromatic N) is 1. The van der Waals surface area contributed by atoms with Crippen LogP contribution < -0.4 is 5.73 Å². The minimum atomic E-state index is -4.20. The van der Waals surface area contributed by atoms with Crippen molar-refractivity contribution in [1.82, 2.24) is 4.90 Å². The lowest BCUT2D eigenvalue weighted by atomic mass is 9.78. The van der Waals surface area contributed by atoms with E-state index >= 15 is 0 Å². The highest BCUT2D eigenvalue weighted by molar-refractivity contribution is 5.79. The molecule has 21 heavy (non-hydrogen) atoms. The van der Waals surface area contributed by atoms with E-state index in [1.54, 1.807) is 0 Å². The van der Waals surface area contributed by atoms with Gasteiger partial charge in [0.25, 0.3) is 0 Å². The molecule has 0 radical (unpaired) electrons. The first-order valence-electron chi connectivity index (χ1n) is 7.90. The third kappa shape index (κ3) is 4.11. The molecule has 2 fully saturated rings. The average Bonchev–Trinajstić information content (AvgIpc) is 2.45. The highest BCUT2D eigenvalue weighted by Crippen LogP contribution is 2.35. The van der Waals surface area contributed by atoms with E-state index in [9.17, 15) is 18.0 Å². The van der Waals surface area contributed by atoms with Gasteiger partial charge in [0.2, 0.25) is 5.91 Å². The van der Waals surface area contributed by atoms with Crippen LogP contribution in [0.5, 0.6) is 0 Å². The van der Waals surface area contributed by atoms with Gasteiger partial charge in [0.05, 0.1) is 5.92 Å². The maximum absolute atomic E-state index is 12.8. The number of alkyl halides is 3. The van der Waals surface area contributed by atoms with Crippen LogP contribution >= 0.6 is 0 Å². The van der Waals surface area contributed by atoms with Gasteiger partial charge in [-0.15, -0.1) is 0 Å². The van der Waals surface area contributed by atoms with Crippen molar-refractivity contribution in [3.05, 3.63) is 0 Å². The van der Waals surface area contributed by atoms with Crippen molar-refractivity contribution in [3.63, 3.8) is 0 Å². The van der Waals surface area contributed by atoms with Crippen molar-refractivity contribution in [2.24, 2.45) is 23.5 Å². The predicted molar refractivity (Wildman–Crippen MR) is 74.5 cm³/mol. The van der Waals surface area contributed by atoms with Crippen LogP contribution in [-0.4, -0.2) is 36.1 Å². The van der Waals surface area contributed by atoms with Crippen molar-refractivity contribution in [2.45, 2.75) is 57.7 Å². The lowest BCUT2D eigenvalue weighted by Gasteiger charge is -2.38. The molecule has 4 atom stereocenters. The Kier molecular flexibility index (Phi) is 5.17. The van der Waals surface area contributed by atoms with E-state index < -0.39 is 12.1 Å². The van der Waals surface area contributed by atoms with Crippen LogP contribution in [0.2, 0.25) is 0 Å². The Bertz CT molecular complexity index is 372. The lowest BCUT2D eigenvalue weighted by Crippen LogP contribution is -2.48. The van der Waals surface area contributed by atoms with Gasteiger partial charge in [-0.25, -0.2) is 0 Å². The molecule has 1 saturated heterocycles. The molecule has 6 heteroatoms. The number of likely N-dealkylation sites (tertiary alicyclic amines) is 1. The second-order valence-corrected chi connectivity index (χ2v) is 6.64. The summed E-state index contributed by atoms with van der Waals surface area (Å²) in [6.45, 7) is 2.13. The zero-order valence-corrected chi connectivity index (χ0v) is 12.5. The van der Waals surface area contributed by atoms with E-state index in [2.05, 4.69) is 0 Å². The first kappa shape index (κ1) is 16.6. The van der Waals surface area contributed by atoms with Crippen molar-refractivity contribution >= 4 is 5.91 Å². The Morgan fingerprint density at radius 2 is 1.95 bits per heavy atom. The SMILES string of the molecule is CC(C(=O)N1CCCC(C(F)(F)F)C1)C1CCCC(N)C1. The summed E-state index contributed by atoms with van der Waals surface area (Å²) in [6, 6.07) is 0.128.